The van der Waals surface area contributed by atoms with Gasteiger partial charge in [-0.1, -0.05) is 0 Å². The molecule has 0 saturated heterocycles. The van der Waals surface area contributed by atoms with Gasteiger partial charge < -0.3 is 19.5 Å². The van der Waals surface area contributed by atoms with Gasteiger partial charge in [0.05, 0.1) is 27.0 Å². The van der Waals surface area contributed by atoms with Gasteiger partial charge in [0, 0.05) is 24.0 Å². The molecular formula is C20H19N3O5. The number of hydrogen-bond acceptors (Lipinski definition) is 6. The zero-order valence-electron chi connectivity index (χ0n) is 15.6. The monoisotopic (exact) mass is 381 g/mol. The Labute approximate surface area is 161 Å². The third kappa shape index (κ3) is 3.80. The smallest absolute Gasteiger partial charge is 0.298 e. The van der Waals surface area contributed by atoms with E-state index in [4.69, 9.17) is 14.2 Å². The van der Waals surface area contributed by atoms with E-state index in [1.165, 1.54) is 31.2 Å². The van der Waals surface area contributed by atoms with E-state index < -0.39 is 11.5 Å². The molecule has 0 radical (unpaired) electrons. The Morgan fingerprint density at radius 1 is 0.964 bits per heavy atom. The predicted molar refractivity (Wildman–Crippen MR) is 104 cm³/mol. The molecule has 1 amide bonds. The van der Waals surface area contributed by atoms with Crippen LogP contribution >= 0.6 is 0 Å². The average molecular weight is 381 g/mol. The standard InChI is InChI=1S/C20H19N3O5/c1-26-15-7-4-13(5-8-15)19(24)22-18-20(25)23(11-10-21-18)14-6-9-16(27-2)17(12-14)28-3/h4-12H,1-3H3,(H,21,22,24). The Morgan fingerprint density at radius 2 is 1.68 bits per heavy atom. The molecule has 8 heteroatoms. The topological polar surface area (TPSA) is 91.7 Å². The van der Waals surface area contributed by atoms with E-state index >= 15 is 0 Å². The van der Waals surface area contributed by atoms with Crippen LogP contribution in [0.3, 0.4) is 0 Å². The number of hydrogen-bond donors (Lipinski definition) is 1. The summed E-state index contributed by atoms with van der Waals surface area (Å²) < 4.78 is 16.9. The first-order valence-corrected chi connectivity index (χ1v) is 8.33. The number of nitrogens with zero attached hydrogens (tertiary/aromatic N) is 2. The molecule has 0 spiro atoms. The number of methoxy groups -OCH3 is 3. The van der Waals surface area contributed by atoms with Crippen LogP contribution in [-0.4, -0.2) is 36.8 Å². The van der Waals surface area contributed by atoms with E-state index in [0.717, 1.165) is 0 Å². The zero-order valence-corrected chi connectivity index (χ0v) is 15.6. The fourth-order valence-electron chi connectivity index (χ4n) is 2.60. The van der Waals surface area contributed by atoms with E-state index in [2.05, 4.69) is 10.3 Å². The van der Waals surface area contributed by atoms with Gasteiger partial charge in [0.15, 0.2) is 17.3 Å². The Kier molecular flexibility index (Phi) is 5.59. The van der Waals surface area contributed by atoms with E-state index in [0.29, 0.717) is 28.5 Å². The largest absolute Gasteiger partial charge is 0.497 e. The number of amides is 1. The van der Waals surface area contributed by atoms with Crippen LogP contribution in [0.5, 0.6) is 17.2 Å². The van der Waals surface area contributed by atoms with Crippen LogP contribution in [0.25, 0.3) is 5.69 Å². The fraction of sp³-hybridized carbons (Fsp3) is 0.150. The molecule has 0 unspecified atom stereocenters. The number of nitrogens with one attached hydrogen (secondary N) is 1. The van der Waals surface area contributed by atoms with Crippen molar-refractivity contribution in [1.82, 2.24) is 9.55 Å². The lowest BCUT2D eigenvalue weighted by atomic mass is 10.2. The Bertz CT molecular complexity index is 1040. The molecule has 144 valence electrons. The van der Waals surface area contributed by atoms with Crippen LogP contribution in [0.2, 0.25) is 0 Å². The van der Waals surface area contributed by atoms with Crippen LogP contribution in [-0.2, 0) is 0 Å². The van der Waals surface area contributed by atoms with Crippen LogP contribution < -0.4 is 25.1 Å². The van der Waals surface area contributed by atoms with Crippen LogP contribution in [0.1, 0.15) is 10.4 Å². The number of benzene rings is 2. The molecule has 1 aromatic heterocycles. The zero-order chi connectivity index (χ0) is 20.1. The lowest BCUT2D eigenvalue weighted by Crippen LogP contribution is -2.26. The minimum Gasteiger partial charge on any atom is -0.497 e. The number of anilines is 1. The van der Waals surface area contributed by atoms with E-state index in [1.807, 2.05) is 0 Å². The van der Waals surface area contributed by atoms with Gasteiger partial charge in [0.25, 0.3) is 11.5 Å². The van der Waals surface area contributed by atoms with Crippen molar-refractivity contribution in [3.8, 4) is 22.9 Å². The minimum absolute atomic E-state index is 0.0851. The van der Waals surface area contributed by atoms with Crippen molar-refractivity contribution in [3.63, 3.8) is 0 Å². The van der Waals surface area contributed by atoms with Crippen LogP contribution in [0, 0.1) is 0 Å². The van der Waals surface area contributed by atoms with Gasteiger partial charge in [-0.15, -0.1) is 0 Å². The third-order valence-electron chi connectivity index (χ3n) is 4.07. The highest BCUT2D eigenvalue weighted by Gasteiger charge is 2.13. The van der Waals surface area contributed by atoms with Crippen molar-refractivity contribution < 1.29 is 19.0 Å². The van der Waals surface area contributed by atoms with Gasteiger partial charge in [-0.3, -0.25) is 14.2 Å². The molecule has 0 saturated carbocycles. The van der Waals surface area contributed by atoms with Crippen molar-refractivity contribution in [2.45, 2.75) is 0 Å². The van der Waals surface area contributed by atoms with Gasteiger partial charge >= 0.3 is 0 Å². The summed E-state index contributed by atoms with van der Waals surface area (Å²) in [5.41, 5.74) is 0.449. The van der Waals surface area contributed by atoms with Crippen molar-refractivity contribution >= 4 is 11.7 Å². The molecule has 0 aliphatic heterocycles. The van der Waals surface area contributed by atoms with Gasteiger partial charge in [0.2, 0.25) is 0 Å². The van der Waals surface area contributed by atoms with Gasteiger partial charge in [-0.05, 0) is 36.4 Å². The minimum atomic E-state index is -0.475. The summed E-state index contributed by atoms with van der Waals surface area (Å²) in [5.74, 6) is 1.12. The molecule has 0 bridgehead atoms. The second kappa shape index (κ2) is 8.26. The molecule has 0 aliphatic rings. The highest BCUT2D eigenvalue weighted by atomic mass is 16.5. The number of carbonyl (C=O) groups excluding carboxylic acids is 1. The van der Waals surface area contributed by atoms with E-state index in [-0.39, 0.29) is 5.82 Å². The second-order valence-electron chi connectivity index (χ2n) is 5.67. The second-order valence-corrected chi connectivity index (χ2v) is 5.67. The molecule has 1 N–H and O–H groups in total. The molecular weight excluding hydrogens is 362 g/mol. The number of carbonyl (C=O) groups is 1. The fourth-order valence-corrected chi connectivity index (χ4v) is 2.60. The lowest BCUT2D eigenvalue weighted by molar-refractivity contribution is 0.102. The summed E-state index contributed by atoms with van der Waals surface area (Å²) in [6.45, 7) is 0. The first-order valence-electron chi connectivity index (χ1n) is 8.33. The number of ether oxygens (including phenoxy) is 3. The van der Waals surface area contributed by atoms with Crippen LogP contribution in [0.15, 0.2) is 59.7 Å². The predicted octanol–water partition coefficient (Wildman–Crippen LogP) is 2.51. The first kappa shape index (κ1) is 19.0. The lowest BCUT2D eigenvalue weighted by Gasteiger charge is -2.12. The Hall–Kier alpha value is -3.81. The van der Waals surface area contributed by atoms with E-state index in [9.17, 15) is 9.59 Å². The number of rotatable bonds is 6. The summed E-state index contributed by atoms with van der Waals surface area (Å²) in [7, 11) is 4.58. The first-order chi connectivity index (χ1) is 13.6. The molecule has 0 aliphatic carbocycles. The maximum absolute atomic E-state index is 12.8. The summed E-state index contributed by atoms with van der Waals surface area (Å²) in [5, 5.41) is 2.55. The third-order valence-corrected chi connectivity index (χ3v) is 4.07. The Balaban J connectivity index is 1.90. The molecule has 2 aromatic carbocycles. The molecule has 1 heterocycles. The quantitative estimate of drug-likeness (QED) is 0.705. The average Bonchev–Trinajstić information content (AvgIpc) is 2.74. The van der Waals surface area contributed by atoms with Gasteiger partial charge in [-0.25, -0.2) is 4.98 Å². The van der Waals surface area contributed by atoms with Gasteiger partial charge in [-0.2, -0.15) is 0 Å². The summed E-state index contributed by atoms with van der Waals surface area (Å²) in [6, 6.07) is 11.6. The molecule has 0 atom stereocenters. The highest BCUT2D eigenvalue weighted by Crippen LogP contribution is 2.28. The highest BCUT2D eigenvalue weighted by molar-refractivity contribution is 6.03. The van der Waals surface area contributed by atoms with E-state index in [1.54, 1.807) is 49.6 Å². The summed E-state index contributed by atoms with van der Waals surface area (Å²) in [4.78, 5) is 29.2. The number of aromatic nitrogens is 2. The maximum Gasteiger partial charge on any atom is 0.298 e. The maximum atomic E-state index is 12.8. The SMILES string of the molecule is COc1ccc(C(=O)Nc2nccn(-c3ccc(OC)c(OC)c3)c2=O)cc1. The van der Waals surface area contributed by atoms with Crippen molar-refractivity contribution in [2.75, 3.05) is 26.6 Å². The molecule has 28 heavy (non-hydrogen) atoms. The Morgan fingerprint density at radius 3 is 2.32 bits per heavy atom. The van der Waals surface area contributed by atoms with Crippen molar-refractivity contribution in [2.24, 2.45) is 0 Å². The molecule has 3 aromatic rings. The van der Waals surface area contributed by atoms with Crippen molar-refractivity contribution in [3.05, 3.63) is 70.8 Å². The normalized spacial score (nSPS) is 10.2. The molecule has 8 nitrogen and oxygen atoms in total. The molecule has 0 fully saturated rings. The summed E-state index contributed by atoms with van der Waals surface area (Å²) in [6.07, 6.45) is 2.94. The molecule has 3 rings (SSSR count). The summed E-state index contributed by atoms with van der Waals surface area (Å²) >= 11 is 0. The van der Waals surface area contributed by atoms with Crippen molar-refractivity contribution in [1.29, 1.82) is 0 Å². The van der Waals surface area contributed by atoms with Gasteiger partial charge in [0.1, 0.15) is 5.75 Å². The van der Waals surface area contributed by atoms with Crippen LogP contribution in [0.4, 0.5) is 5.82 Å².